The van der Waals surface area contributed by atoms with Gasteiger partial charge in [0.1, 0.15) is 11.4 Å². The predicted molar refractivity (Wildman–Crippen MR) is 71.9 cm³/mol. The fourth-order valence-electron chi connectivity index (χ4n) is 2.11. The lowest BCUT2D eigenvalue weighted by Gasteiger charge is -2.17. The van der Waals surface area contributed by atoms with Gasteiger partial charge in [0.2, 0.25) is 0 Å². The normalized spacial score (nSPS) is 16.6. The molecule has 1 aliphatic heterocycles. The smallest absolute Gasteiger partial charge is 0.137 e. The molecule has 16 heavy (non-hydrogen) atoms. The van der Waals surface area contributed by atoms with E-state index < -0.39 is 0 Å². The van der Waals surface area contributed by atoms with Crippen molar-refractivity contribution in [1.29, 1.82) is 0 Å². The van der Waals surface area contributed by atoms with Gasteiger partial charge in [0.25, 0.3) is 0 Å². The van der Waals surface area contributed by atoms with Gasteiger partial charge in [-0.15, -0.1) is 0 Å². The summed E-state index contributed by atoms with van der Waals surface area (Å²) in [6.07, 6.45) is 3.17. The van der Waals surface area contributed by atoms with Crippen LogP contribution in [-0.2, 0) is 6.42 Å². The standard InChI is InChI=1S/C14H17BrO/c1-9(2)5-10-6-11-8-14(3,4)16-13(11)12(15)7-10/h5-7H,8H2,1-4H3. The first kappa shape index (κ1) is 11.7. The molecule has 0 aliphatic carbocycles. The van der Waals surface area contributed by atoms with Gasteiger partial charge >= 0.3 is 0 Å². The molecule has 1 nitrogen and oxygen atoms in total. The quantitative estimate of drug-likeness (QED) is 0.731. The average Bonchev–Trinajstić information content (AvgIpc) is 2.38. The summed E-state index contributed by atoms with van der Waals surface area (Å²) in [7, 11) is 0. The Morgan fingerprint density at radius 3 is 2.69 bits per heavy atom. The van der Waals surface area contributed by atoms with Crippen molar-refractivity contribution in [3.63, 3.8) is 0 Å². The number of fused-ring (bicyclic) bond motifs is 1. The molecule has 0 saturated heterocycles. The van der Waals surface area contributed by atoms with E-state index >= 15 is 0 Å². The summed E-state index contributed by atoms with van der Waals surface area (Å²) in [5.74, 6) is 1.01. The van der Waals surface area contributed by atoms with Crippen LogP contribution in [0.3, 0.4) is 0 Å². The molecule has 0 aromatic heterocycles. The Hall–Kier alpha value is -0.760. The highest BCUT2D eigenvalue weighted by Crippen LogP contribution is 2.41. The summed E-state index contributed by atoms with van der Waals surface area (Å²) < 4.78 is 6.98. The molecule has 0 spiro atoms. The molecule has 0 amide bonds. The highest BCUT2D eigenvalue weighted by Gasteiger charge is 2.31. The minimum absolute atomic E-state index is 0.0750. The molecule has 0 radical (unpaired) electrons. The van der Waals surface area contributed by atoms with Crippen LogP contribution in [0.2, 0.25) is 0 Å². The highest BCUT2D eigenvalue weighted by molar-refractivity contribution is 9.10. The number of hydrogen-bond donors (Lipinski definition) is 0. The first-order chi connectivity index (χ1) is 7.37. The van der Waals surface area contributed by atoms with E-state index in [9.17, 15) is 0 Å². The van der Waals surface area contributed by atoms with Gasteiger partial charge in [-0.3, -0.25) is 0 Å². The Labute approximate surface area is 106 Å². The van der Waals surface area contributed by atoms with Crippen LogP contribution in [0, 0.1) is 0 Å². The molecule has 1 heterocycles. The van der Waals surface area contributed by atoms with Gasteiger partial charge in [0.05, 0.1) is 4.47 Å². The SMILES string of the molecule is CC(C)=Cc1cc(Br)c2c(c1)CC(C)(C)O2. The van der Waals surface area contributed by atoms with Crippen LogP contribution >= 0.6 is 15.9 Å². The summed E-state index contributed by atoms with van der Waals surface area (Å²) in [5.41, 5.74) is 3.78. The van der Waals surface area contributed by atoms with E-state index in [1.807, 2.05) is 0 Å². The zero-order valence-electron chi connectivity index (χ0n) is 10.2. The van der Waals surface area contributed by atoms with Gasteiger partial charge in [-0.1, -0.05) is 11.6 Å². The van der Waals surface area contributed by atoms with Gasteiger partial charge < -0.3 is 4.74 Å². The maximum atomic E-state index is 5.92. The van der Waals surface area contributed by atoms with Crippen LogP contribution in [0.4, 0.5) is 0 Å². The lowest BCUT2D eigenvalue weighted by molar-refractivity contribution is 0.137. The van der Waals surface area contributed by atoms with Crippen LogP contribution in [-0.4, -0.2) is 5.60 Å². The Morgan fingerprint density at radius 2 is 2.06 bits per heavy atom. The predicted octanol–water partition coefficient (Wildman–Crippen LogP) is 4.59. The van der Waals surface area contributed by atoms with Crippen molar-refractivity contribution in [2.75, 3.05) is 0 Å². The van der Waals surface area contributed by atoms with Crippen LogP contribution in [0.25, 0.3) is 6.08 Å². The van der Waals surface area contributed by atoms with Crippen LogP contribution in [0.5, 0.6) is 5.75 Å². The van der Waals surface area contributed by atoms with E-state index in [2.05, 4.69) is 61.8 Å². The zero-order valence-corrected chi connectivity index (χ0v) is 11.8. The van der Waals surface area contributed by atoms with Gasteiger partial charge in [-0.25, -0.2) is 0 Å². The molecule has 1 aliphatic rings. The van der Waals surface area contributed by atoms with Crippen molar-refractivity contribution in [1.82, 2.24) is 0 Å². The molecular formula is C14H17BrO. The van der Waals surface area contributed by atoms with Crippen molar-refractivity contribution in [2.45, 2.75) is 39.7 Å². The second-order valence-corrected chi connectivity index (χ2v) is 6.11. The molecule has 2 rings (SSSR count). The maximum Gasteiger partial charge on any atom is 0.137 e. The molecule has 0 fully saturated rings. The van der Waals surface area contributed by atoms with E-state index in [-0.39, 0.29) is 5.60 Å². The molecule has 0 bridgehead atoms. The summed E-state index contributed by atoms with van der Waals surface area (Å²) in [6.45, 7) is 8.48. The van der Waals surface area contributed by atoms with Gasteiger partial charge in [-0.2, -0.15) is 0 Å². The van der Waals surface area contributed by atoms with E-state index in [4.69, 9.17) is 4.74 Å². The fraction of sp³-hybridized carbons (Fsp3) is 0.429. The Kier molecular flexibility index (Phi) is 2.87. The van der Waals surface area contributed by atoms with Crippen molar-refractivity contribution >= 4 is 22.0 Å². The number of halogens is 1. The zero-order chi connectivity index (χ0) is 11.9. The summed E-state index contributed by atoms with van der Waals surface area (Å²) >= 11 is 3.59. The molecule has 0 N–H and O–H groups in total. The molecule has 1 aromatic rings. The third-order valence-electron chi connectivity index (χ3n) is 2.59. The van der Waals surface area contributed by atoms with E-state index in [0.29, 0.717) is 0 Å². The molecular weight excluding hydrogens is 264 g/mol. The monoisotopic (exact) mass is 280 g/mol. The van der Waals surface area contributed by atoms with Crippen molar-refractivity contribution in [2.24, 2.45) is 0 Å². The summed E-state index contributed by atoms with van der Waals surface area (Å²) in [4.78, 5) is 0. The van der Waals surface area contributed by atoms with Gasteiger partial charge in [0, 0.05) is 6.42 Å². The average molecular weight is 281 g/mol. The first-order valence-corrected chi connectivity index (χ1v) is 6.33. The van der Waals surface area contributed by atoms with Crippen molar-refractivity contribution in [3.05, 3.63) is 33.3 Å². The van der Waals surface area contributed by atoms with Crippen LogP contribution in [0.1, 0.15) is 38.8 Å². The number of rotatable bonds is 1. The van der Waals surface area contributed by atoms with Crippen LogP contribution < -0.4 is 4.74 Å². The Bertz CT molecular complexity index is 454. The molecule has 0 unspecified atom stereocenters. The molecule has 2 heteroatoms. The number of hydrogen-bond acceptors (Lipinski definition) is 1. The largest absolute Gasteiger partial charge is 0.486 e. The van der Waals surface area contributed by atoms with E-state index in [1.165, 1.54) is 16.7 Å². The minimum Gasteiger partial charge on any atom is -0.486 e. The fourth-order valence-corrected chi connectivity index (χ4v) is 2.71. The molecule has 86 valence electrons. The second kappa shape index (κ2) is 3.92. The van der Waals surface area contributed by atoms with E-state index in [1.54, 1.807) is 0 Å². The maximum absolute atomic E-state index is 5.92. The third kappa shape index (κ3) is 2.32. The molecule has 1 aromatic carbocycles. The van der Waals surface area contributed by atoms with Crippen LogP contribution in [0.15, 0.2) is 22.2 Å². The summed E-state index contributed by atoms with van der Waals surface area (Å²) in [5, 5.41) is 0. The Balaban J connectivity index is 2.46. The topological polar surface area (TPSA) is 9.23 Å². The Morgan fingerprint density at radius 1 is 1.38 bits per heavy atom. The van der Waals surface area contributed by atoms with E-state index in [0.717, 1.165) is 16.6 Å². The van der Waals surface area contributed by atoms with Crippen molar-refractivity contribution in [3.8, 4) is 5.75 Å². The summed E-state index contributed by atoms with van der Waals surface area (Å²) in [6, 6.07) is 4.34. The lowest BCUT2D eigenvalue weighted by atomic mass is 10.00. The number of ether oxygens (including phenoxy) is 1. The lowest BCUT2D eigenvalue weighted by Crippen LogP contribution is -2.24. The van der Waals surface area contributed by atoms with Gasteiger partial charge in [-0.05, 0) is 66.9 Å². The third-order valence-corrected chi connectivity index (χ3v) is 3.18. The minimum atomic E-state index is -0.0750. The first-order valence-electron chi connectivity index (χ1n) is 5.54. The molecule has 0 atom stereocenters. The van der Waals surface area contributed by atoms with Crippen molar-refractivity contribution < 1.29 is 4.74 Å². The molecule has 0 saturated carbocycles. The number of benzene rings is 1. The second-order valence-electron chi connectivity index (χ2n) is 5.25. The highest BCUT2D eigenvalue weighted by atomic mass is 79.9. The number of allylic oxidation sites excluding steroid dienone is 1. The van der Waals surface area contributed by atoms with Gasteiger partial charge in [0.15, 0.2) is 0 Å².